The van der Waals surface area contributed by atoms with Gasteiger partial charge in [0.05, 0.1) is 13.2 Å². The van der Waals surface area contributed by atoms with Gasteiger partial charge in [-0.25, -0.2) is 0 Å². The summed E-state index contributed by atoms with van der Waals surface area (Å²) in [5, 5.41) is 3.53. The van der Waals surface area contributed by atoms with Crippen LogP contribution in [0.25, 0.3) is 0 Å². The van der Waals surface area contributed by atoms with Gasteiger partial charge in [-0.15, -0.1) is 0 Å². The van der Waals surface area contributed by atoms with E-state index in [4.69, 9.17) is 9.15 Å². The van der Waals surface area contributed by atoms with Crippen molar-refractivity contribution in [3.63, 3.8) is 0 Å². The Balaban J connectivity index is 2.24. The highest BCUT2D eigenvalue weighted by Crippen LogP contribution is 2.07. The summed E-state index contributed by atoms with van der Waals surface area (Å²) >= 11 is 3.25. The summed E-state index contributed by atoms with van der Waals surface area (Å²) in [6, 6.07) is 3.50. The molecule has 1 amide bonds. The lowest BCUT2D eigenvalue weighted by atomic mass is 10.3. The molecule has 16 heavy (non-hydrogen) atoms. The predicted octanol–water partition coefficient (Wildman–Crippen LogP) is 1.98. The van der Waals surface area contributed by atoms with Crippen molar-refractivity contribution in [2.75, 3.05) is 25.1 Å². The zero-order valence-electron chi connectivity index (χ0n) is 9.29. The van der Waals surface area contributed by atoms with Crippen LogP contribution in [-0.2, 0) is 11.2 Å². The van der Waals surface area contributed by atoms with E-state index in [0.717, 1.165) is 17.5 Å². The number of hydrogen-bond acceptors (Lipinski definition) is 3. The van der Waals surface area contributed by atoms with Crippen molar-refractivity contribution in [2.24, 2.45) is 0 Å². The van der Waals surface area contributed by atoms with Crippen molar-refractivity contribution in [2.45, 2.75) is 13.3 Å². The zero-order chi connectivity index (χ0) is 11.8. The van der Waals surface area contributed by atoms with Crippen LogP contribution in [0.3, 0.4) is 0 Å². The molecule has 0 aliphatic heterocycles. The van der Waals surface area contributed by atoms with Gasteiger partial charge >= 0.3 is 0 Å². The van der Waals surface area contributed by atoms with Crippen LogP contribution in [0.2, 0.25) is 0 Å². The number of alkyl halides is 1. The monoisotopic (exact) mass is 289 g/mol. The van der Waals surface area contributed by atoms with Gasteiger partial charge in [0.15, 0.2) is 5.76 Å². The van der Waals surface area contributed by atoms with Gasteiger partial charge < -0.3 is 14.5 Å². The molecule has 0 aliphatic rings. The molecule has 0 bridgehead atoms. The average molecular weight is 290 g/mol. The van der Waals surface area contributed by atoms with Crippen LogP contribution < -0.4 is 5.32 Å². The lowest BCUT2D eigenvalue weighted by molar-refractivity contribution is 0.0895. The number of nitrogens with one attached hydrogen (secondary N) is 1. The normalized spacial score (nSPS) is 10.4. The Hall–Kier alpha value is -0.810. The molecule has 0 radical (unpaired) electrons. The first-order chi connectivity index (χ1) is 7.77. The third kappa shape index (κ3) is 4.37. The second-order valence-corrected chi connectivity index (χ2v) is 3.97. The Labute approximate surface area is 103 Å². The second kappa shape index (κ2) is 7.46. The van der Waals surface area contributed by atoms with Gasteiger partial charge in [-0.1, -0.05) is 22.9 Å². The molecular weight excluding hydrogens is 274 g/mol. The summed E-state index contributed by atoms with van der Waals surface area (Å²) in [4.78, 5) is 11.5. The summed E-state index contributed by atoms with van der Waals surface area (Å²) in [6.07, 6.45) is 0.793. The summed E-state index contributed by atoms with van der Waals surface area (Å²) in [5.74, 6) is 0.986. The van der Waals surface area contributed by atoms with Crippen molar-refractivity contribution in [1.29, 1.82) is 0 Å². The van der Waals surface area contributed by atoms with Gasteiger partial charge in [0.2, 0.25) is 0 Å². The van der Waals surface area contributed by atoms with Gasteiger partial charge in [0.25, 0.3) is 5.91 Å². The van der Waals surface area contributed by atoms with Gasteiger partial charge in [-0.3, -0.25) is 4.79 Å². The maximum atomic E-state index is 11.5. The predicted molar refractivity (Wildman–Crippen MR) is 65.0 cm³/mol. The fourth-order valence-electron chi connectivity index (χ4n) is 1.17. The molecule has 0 atom stereocenters. The molecule has 0 unspecified atom stereocenters. The van der Waals surface area contributed by atoms with Crippen LogP contribution in [-0.4, -0.2) is 31.0 Å². The standard InChI is InChI=1S/C11H16BrNO3/c1-2-9-3-4-10(16-9)11(14)13-6-8-15-7-5-12/h3-4H,2,5-8H2,1H3,(H,13,14). The van der Waals surface area contributed by atoms with E-state index in [1.165, 1.54) is 0 Å². The van der Waals surface area contributed by atoms with Crippen LogP contribution in [0, 0.1) is 0 Å². The minimum Gasteiger partial charge on any atom is -0.456 e. The summed E-state index contributed by atoms with van der Waals surface area (Å²) < 4.78 is 10.5. The highest BCUT2D eigenvalue weighted by atomic mass is 79.9. The number of halogens is 1. The van der Waals surface area contributed by atoms with E-state index < -0.39 is 0 Å². The highest BCUT2D eigenvalue weighted by Gasteiger charge is 2.09. The molecule has 0 aliphatic carbocycles. The van der Waals surface area contributed by atoms with Crippen LogP contribution in [0.15, 0.2) is 16.5 Å². The molecule has 0 saturated heterocycles. The number of furan rings is 1. The van der Waals surface area contributed by atoms with E-state index in [0.29, 0.717) is 25.5 Å². The van der Waals surface area contributed by atoms with E-state index in [-0.39, 0.29) is 5.91 Å². The zero-order valence-corrected chi connectivity index (χ0v) is 10.9. The Morgan fingerprint density at radius 3 is 2.94 bits per heavy atom. The third-order valence-electron chi connectivity index (χ3n) is 1.99. The number of amides is 1. The van der Waals surface area contributed by atoms with Crippen LogP contribution in [0.4, 0.5) is 0 Å². The first-order valence-electron chi connectivity index (χ1n) is 5.28. The molecule has 0 saturated carbocycles. The van der Waals surface area contributed by atoms with Gasteiger partial charge in [0.1, 0.15) is 5.76 Å². The minimum atomic E-state index is -0.192. The van der Waals surface area contributed by atoms with E-state index in [2.05, 4.69) is 21.2 Å². The lowest BCUT2D eigenvalue weighted by Crippen LogP contribution is -2.27. The molecule has 0 aromatic carbocycles. The molecular formula is C11H16BrNO3. The van der Waals surface area contributed by atoms with E-state index in [1.54, 1.807) is 6.07 Å². The van der Waals surface area contributed by atoms with Gasteiger partial charge in [-0.2, -0.15) is 0 Å². The summed E-state index contributed by atoms with van der Waals surface area (Å²) in [6.45, 7) is 3.64. The molecule has 1 aromatic heterocycles. The van der Waals surface area contributed by atoms with Crippen molar-refractivity contribution in [3.05, 3.63) is 23.7 Å². The quantitative estimate of drug-likeness (QED) is 0.617. The Bertz CT molecular complexity index is 325. The Kier molecular flexibility index (Phi) is 6.18. The van der Waals surface area contributed by atoms with Crippen molar-refractivity contribution in [3.8, 4) is 0 Å². The van der Waals surface area contributed by atoms with E-state index in [9.17, 15) is 4.79 Å². The first-order valence-corrected chi connectivity index (χ1v) is 6.40. The first kappa shape index (κ1) is 13.3. The number of aryl methyl sites for hydroxylation is 1. The SMILES string of the molecule is CCc1ccc(C(=O)NCCOCCBr)o1. The molecule has 0 spiro atoms. The number of carbonyl (C=O) groups is 1. The van der Waals surface area contributed by atoms with E-state index >= 15 is 0 Å². The largest absolute Gasteiger partial charge is 0.456 e. The molecule has 1 rings (SSSR count). The molecule has 90 valence electrons. The fraction of sp³-hybridized carbons (Fsp3) is 0.545. The molecule has 1 heterocycles. The third-order valence-corrected chi connectivity index (χ3v) is 2.31. The average Bonchev–Trinajstić information content (AvgIpc) is 2.77. The maximum Gasteiger partial charge on any atom is 0.287 e. The number of carbonyl (C=O) groups excluding carboxylic acids is 1. The van der Waals surface area contributed by atoms with E-state index in [1.807, 2.05) is 13.0 Å². The van der Waals surface area contributed by atoms with Gasteiger partial charge in [0, 0.05) is 18.3 Å². The molecule has 1 N–H and O–H groups in total. The smallest absolute Gasteiger partial charge is 0.287 e. The second-order valence-electron chi connectivity index (χ2n) is 3.18. The Morgan fingerprint density at radius 1 is 1.50 bits per heavy atom. The lowest BCUT2D eigenvalue weighted by Gasteiger charge is -2.03. The minimum absolute atomic E-state index is 0.192. The summed E-state index contributed by atoms with van der Waals surface area (Å²) in [7, 11) is 0. The topological polar surface area (TPSA) is 51.5 Å². The van der Waals surface area contributed by atoms with Crippen molar-refractivity contribution in [1.82, 2.24) is 5.32 Å². The molecule has 0 fully saturated rings. The Morgan fingerprint density at radius 2 is 2.31 bits per heavy atom. The highest BCUT2D eigenvalue weighted by molar-refractivity contribution is 9.09. The van der Waals surface area contributed by atoms with Crippen LogP contribution in [0.5, 0.6) is 0 Å². The van der Waals surface area contributed by atoms with Crippen LogP contribution >= 0.6 is 15.9 Å². The van der Waals surface area contributed by atoms with Crippen molar-refractivity contribution < 1.29 is 13.9 Å². The number of rotatable bonds is 7. The fourth-order valence-corrected chi connectivity index (χ4v) is 1.40. The molecule has 4 nitrogen and oxygen atoms in total. The number of hydrogen-bond donors (Lipinski definition) is 1. The maximum absolute atomic E-state index is 11.5. The molecule has 1 aromatic rings. The van der Waals surface area contributed by atoms with Crippen molar-refractivity contribution >= 4 is 21.8 Å². The van der Waals surface area contributed by atoms with Crippen LogP contribution in [0.1, 0.15) is 23.2 Å². The summed E-state index contributed by atoms with van der Waals surface area (Å²) in [5.41, 5.74) is 0. The molecule has 5 heteroatoms. The number of ether oxygens (including phenoxy) is 1. The van der Waals surface area contributed by atoms with Gasteiger partial charge in [-0.05, 0) is 12.1 Å².